The van der Waals surface area contributed by atoms with Gasteiger partial charge in [0, 0.05) is 11.6 Å². The zero-order valence-corrected chi connectivity index (χ0v) is 17.2. The predicted octanol–water partition coefficient (Wildman–Crippen LogP) is 4.57. The molecule has 2 aromatic carbocycles. The maximum absolute atomic E-state index is 13.8. The van der Waals surface area contributed by atoms with E-state index < -0.39 is 0 Å². The van der Waals surface area contributed by atoms with E-state index in [2.05, 4.69) is 15.4 Å². The van der Waals surface area contributed by atoms with E-state index in [0.29, 0.717) is 46.0 Å². The van der Waals surface area contributed by atoms with Crippen molar-refractivity contribution in [1.29, 1.82) is 0 Å². The van der Waals surface area contributed by atoms with Gasteiger partial charge in [-0.2, -0.15) is 4.98 Å². The number of halogens is 1. The van der Waals surface area contributed by atoms with Gasteiger partial charge in [-0.05, 0) is 43.2 Å². The molecule has 4 aromatic rings. The summed E-state index contributed by atoms with van der Waals surface area (Å²) < 4.78 is 20.9. The van der Waals surface area contributed by atoms with Crippen LogP contribution in [0.3, 0.4) is 0 Å². The molecule has 0 unspecified atom stereocenters. The number of hydrogen-bond acceptors (Lipinski definition) is 6. The number of aromatic nitrogens is 4. The van der Waals surface area contributed by atoms with Crippen molar-refractivity contribution in [1.82, 2.24) is 19.7 Å². The summed E-state index contributed by atoms with van der Waals surface area (Å²) in [6.07, 6.45) is 4.57. The third-order valence-corrected chi connectivity index (χ3v) is 5.67. The van der Waals surface area contributed by atoms with Gasteiger partial charge in [-0.3, -0.25) is 0 Å². The number of nitrogens with two attached hydrogens (primary N) is 1. The van der Waals surface area contributed by atoms with Crippen molar-refractivity contribution in [2.75, 3.05) is 18.2 Å². The Kier molecular flexibility index (Phi) is 4.89. The van der Waals surface area contributed by atoms with E-state index >= 15 is 0 Å². The highest BCUT2D eigenvalue weighted by Crippen LogP contribution is 2.37. The number of rotatable bonds is 5. The molecule has 1 fully saturated rings. The zero-order chi connectivity index (χ0) is 21.4. The van der Waals surface area contributed by atoms with E-state index in [9.17, 15) is 4.39 Å². The third kappa shape index (κ3) is 3.54. The van der Waals surface area contributed by atoms with E-state index in [1.165, 1.54) is 29.7 Å². The molecular weight excluding hydrogens is 395 g/mol. The minimum atomic E-state index is -0.365. The van der Waals surface area contributed by atoms with Crippen LogP contribution in [0.5, 0.6) is 5.75 Å². The van der Waals surface area contributed by atoms with Gasteiger partial charge in [0.15, 0.2) is 5.65 Å². The maximum Gasteiger partial charge on any atom is 0.225 e. The standard InChI is InChI=1S/C23H23FN6O/c1-31-18-12-5-4-11-17(18)20-19-21(25)30(16-10-6-7-14(24)13-16)29-22(19)28-23(27-20)26-15-8-2-3-9-15/h4-7,10-13,15H,2-3,8-9,25H2,1H3,(H,26,28,29). The van der Waals surface area contributed by atoms with Crippen molar-refractivity contribution in [3.05, 3.63) is 54.3 Å². The molecule has 2 heterocycles. The van der Waals surface area contributed by atoms with Crippen molar-refractivity contribution >= 4 is 22.8 Å². The number of nitrogen functional groups attached to an aromatic ring is 1. The summed E-state index contributed by atoms with van der Waals surface area (Å²) in [4.78, 5) is 9.46. The van der Waals surface area contributed by atoms with Gasteiger partial charge in [0.05, 0.1) is 23.9 Å². The van der Waals surface area contributed by atoms with Gasteiger partial charge in [-0.15, -0.1) is 5.10 Å². The molecule has 0 aliphatic heterocycles. The summed E-state index contributed by atoms with van der Waals surface area (Å²) >= 11 is 0. The van der Waals surface area contributed by atoms with Gasteiger partial charge >= 0.3 is 0 Å². The summed E-state index contributed by atoms with van der Waals surface area (Å²) in [5, 5.41) is 8.64. The lowest BCUT2D eigenvalue weighted by Crippen LogP contribution is -2.17. The number of nitrogens with one attached hydrogen (secondary N) is 1. The van der Waals surface area contributed by atoms with Gasteiger partial charge in [-0.25, -0.2) is 14.1 Å². The Morgan fingerprint density at radius 2 is 1.90 bits per heavy atom. The number of hydrogen-bond donors (Lipinski definition) is 2. The number of benzene rings is 2. The molecule has 158 valence electrons. The highest BCUT2D eigenvalue weighted by atomic mass is 19.1. The van der Waals surface area contributed by atoms with Gasteiger partial charge in [0.2, 0.25) is 5.95 Å². The maximum atomic E-state index is 13.8. The van der Waals surface area contributed by atoms with Crippen molar-refractivity contribution < 1.29 is 9.13 Å². The Morgan fingerprint density at radius 3 is 2.68 bits per heavy atom. The molecule has 0 bridgehead atoms. The first-order chi connectivity index (χ1) is 15.1. The Morgan fingerprint density at radius 1 is 1.10 bits per heavy atom. The Labute approximate surface area is 179 Å². The lowest BCUT2D eigenvalue weighted by molar-refractivity contribution is 0.416. The number of fused-ring (bicyclic) bond motifs is 1. The molecule has 7 nitrogen and oxygen atoms in total. The molecule has 1 saturated carbocycles. The molecule has 5 rings (SSSR count). The van der Waals surface area contributed by atoms with Crippen molar-refractivity contribution in [3.8, 4) is 22.7 Å². The minimum Gasteiger partial charge on any atom is -0.496 e. The van der Waals surface area contributed by atoms with Crippen LogP contribution < -0.4 is 15.8 Å². The molecule has 31 heavy (non-hydrogen) atoms. The van der Waals surface area contributed by atoms with Crippen LogP contribution >= 0.6 is 0 Å². The second-order valence-electron chi connectivity index (χ2n) is 7.70. The quantitative estimate of drug-likeness (QED) is 0.493. The van der Waals surface area contributed by atoms with E-state index in [0.717, 1.165) is 18.4 Å². The van der Waals surface area contributed by atoms with Crippen molar-refractivity contribution in [2.24, 2.45) is 0 Å². The fourth-order valence-electron chi connectivity index (χ4n) is 4.17. The summed E-state index contributed by atoms with van der Waals surface area (Å²) in [5.41, 5.74) is 8.88. The van der Waals surface area contributed by atoms with Gasteiger partial charge in [-0.1, -0.05) is 31.0 Å². The van der Waals surface area contributed by atoms with Gasteiger partial charge < -0.3 is 15.8 Å². The average molecular weight is 418 g/mol. The van der Waals surface area contributed by atoms with E-state index in [1.54, 1.807) is 19.2 Å². The first-order valence-electron chi connectivity index (χ1n) is 10.4. The van der Waals surface area contributed by atoms with Crippen LogP contribution in [0.15, 0.2) is 48.5 Å². The van der Waals surface area contributed by atoms with E-state index in [4.69, 9.17) is 15.5 Å². The Bertz CT molecular complexity index is 1250. The van der Waals surface area contributed by atoms with Crippen LogP contribution in [0.25, 0.3) is 28.0 Å². The second-order valence-corrected chi connectivity index (χ2v) is 7.70. The largest absolute Gasteiger partial charge is 0.496 e. The summed E-state index contributed by atoms with van der Waals surface area (Å²) in [6.45, 7) is 0. The number of nitrogens with zero attached hydrogens (tertiary/aromatic N) is 4. The van der Waals surface area contributed by atoms with Crippen LogP contribution in [0.4, 0.5) is 16.2 Å². The summed E-state index contributed by atoms with van der Waals surface area (Å²) in [5.74, 6) is 1.15. The second kappa shape index (κ2) is 7.86. The third-order valence-electron chi connectivity index (χ3n) is 5.67. The zero-order valence-electron chi connectivity index (χ0n) is 17.2. The average Bonchev–Trinajstić information content (AvgIpc) is 3.41. The summed E-state index contributed by atoms with van der Waals surface area (Å²) in [6, 6.07) is 14.1. The molecular formula is C23H23FN6O. The molecule has 0 spiro atoms. The SMILES string of the molecule is COc1ccccc1-c1nc(NC2CCCC2)nc2nn(-c3cccc(F)c3)c(N)c12. The molecule has 0 radical (unpaired) electrons. The molecule has 0 saturated heterocycles. The molecule has 1 aliphatic rings. The van der Waals surface area contributed by atoms with Crippen LogP contribution in [-0.2, 0) is 0 Å². The smallest absolute Gasteiger partial charge is 0.225 e. The number of ether oxygens (including phenoxy) is 1. The topological polar surface area (TPSA) is 90.9 Å². The molecule has 1 aliphatic carbocycles. The van der Waals surface area contributed by atoms with Gasteiger partial charge in [0.25, 0.3) is 0 Å². The van der Waals surface area contributed by atoms with Crippen molar-refractivity contribution in [3.63, 3.8) is 0 Å². The predicted molar refractivity (Wildman–Crippen MR) is 119 cm³/mol. The fourth-order valence-corrected chi connectivity index (χ4v) is 4.17. The van der Waals surface area contributed by atoms with Gasteiger partial charge in [0.1, 0.15) is 17.4 Å². The fraction of sp³-hybridized carbons (Fsp3) is 0.261. The number of para-hydroxylation sites is 1. The first-order valence-corrected chi connectivity index (χ1v) is 10.4. The first kappa shape index (κ1) is 19.3. The van der Waals surface area contributed by atoms with Crippen LogP contribution in [0.1, 0.15) is 25.7 Å². The molecule has 8 heteroatoms. The van der Waals surface area contributed by atoms with Crippen LogP contribution in [0, 0.1) is 5.82 Å². The minimum absolute atomic E-state index is 0.339. The summed E-state index contributed by atoms with van der Waals surface area (Å²) in [7, 11) is 1.62. The molecule has 3 N–H and O–H groups in total. The lowest BCUT2D eigenvalue weighted by Gasteiger charge is -2.14. The molecule has 0 amide bonds. The van der Waals surface area contributed by atoms with Crippen molar-refractivity contribution in [2.45, 2.75) is 31.7 Å². The highest BCUT2D eigenvalue weighted by molar-refractivity contribution is 6.00. The normalized spacial score (nSPS) is 14.3. The molecule has 0 atom stereocenters. The highest BCUT2D eigenvalue weighted by Gasteiger charge is 2.23. The van der Waals surface area contributed by atoms with Crippen LogP contribution in [-0.4, -0.2) is 32.9 Å². The van der Waals surface area contributed by atoms with Crippen LogP contribution in [0.2, 0.25) is 0 Å². The monoisotopic (exact) mass is 418 g/mol. The Hall–Kier alpha value is -3.68. The van der Waals surface area contributed by atoms with E-state index in [1.807, 2.05) is 24.3 Å². The lowest BCUT2D eigenvalue weighted by atomic mass is 10.1. The van der Waals surface area contributed by atoms with E-state index in [-0.39, 0.29) is 5.82 Å². The number of anilines is 2. The number of methoxy groups -OCH3 is 1. The Balaban J connectivity index is 1.73. The molecule has 2 aromatic heterocycles.